The Morgan fingerprint density at radius 2 is 1.90 bits per heavy atom. The second kappa shape index (κ2) is 4.34. The third kappa shape index (κ3) is 1.87. The molecule has 3 rings (SSSR count). The van der Waals surface area contributed by atoms with Crippen molar-refractivity contribution in [1.29, 1.82) is 0 Å². The van der Waals surface area contributed by atoms with Gasteiger partial charge in [0, 0.05) is 11.8 Å². The summed E-state index contributed by atoms with van der Waals surface area (Å²) < 4.78 is 14.4. The molecule has 3 N–H and O–H groups in total. The first-order chi connectivity index (χ1) is 9.56. The van der Waals surface area contributed by atoms with Crippen LogP contribution in [0.15, 0.2) is 42.6 Å². The summed E-state index contributed by atoms with van der Waals surface area (Å²) in [7, 11) is 0. The number of nitrogens with zero attached hydrogens (tertiary/aromatic N) is 2. The van der Waals surface area contributed by atoms with Crippen LogP contribution < -0.4 is 5.73 Å². The SMILES string of the molecule is Nc1c(-c2ccc(F)cc2)nc2ccc(C(=O)O)cn12. The number of anilines is 1. The monoisotopic (exact) mass is 271 g/mol. The molecule has 0 spiro atoms. The van der Waals surface area contributed by atoms with E-state index >= 15 is 0 Å². The molecule has 0 atom stereocenters. The number of carboxylic acid groups (broad SMARTS) is 1. The van der Waals surface area contributed by atoms with Gasteiger partial charge in [0.1, 0.15) is 23.0 Å². The van der Waals surface area contributed by atoms with E-state index in [1.54, 1.807) is 18.2 Å². The number of carbonyl (C=O) groups is 1. The third-order valence-corrected chi connectivity index (χ3v) is 3.02. The molecule has 3 aromatic rings. The summed E-state index contributed by atoms with van der Waals surface area (Å²) in [6.07, 6.45) is 1.41. The zero-order valence-electron chi connectivity index (χ0n) is 10.2. The molecular weight excluding hydrogens is 261 g/mol. The number of fused-ring (bicyclic) bond motifs is 1. The van der Waals surface area contributed by atoms with E-state index in [4.69, 9.17) is 10.8 Å². The number of hydrogen-bond donors (Lipinski definition) is 2. The largest absolute Gasteiger partial charge is 0.478 e. The molecule has 6 heteroatoms. The average molecular weight is 271 g/mol. The number of aromatic nitrogens is 2. The predicted molar refractivity (Wildman–Crippen MR) is 72.0 cm³/mol. The highest BCUT2D eigenvalue weighted by molar-refractivity contribution is 5.88. The minimum Gasteiger partial charge on any atom is -0.478 e. The van der Waals surface area contributed by atoms with Gasteiger partial charge in [-0.05, 0) is 36.4 Å². The van der Waals surface area contributed by atoms with Gasteiger partial charge >= 0.3 is 5.97 Å². The highest BCUT2D eigenvalue weighted by atomic mass is 19.1. The fraction of sp³-hybridized carbons (Fsp3) is 0. The van der Waals surface area contributed by atoms with Crippen LogP contribution in [-0.2, 0) is 0 Å². The zero-order valence-corrected chi connectivity index (χ0v) is 10.2. The Morgan fingerprint density at radius 1 is 1.20 bits per heavy atom. The molecule has 0 aliphatic heterocycles. The first-order valence-electron chi connectivity index (χ1n) is 5.83. The Labute approximate surface area is 113 Å². The minimum absolute atomic E-state index is 0.118. The van der Waals surface area contributed by atoms with Crippen LogP contribution in [0.1, 0.15) is 10.4 Å². The van der Waals surface area contributed by atoms with E-state index in [1.165, 1.54) is 28.8 Å². The van der Waals surface area contributed by atoms with Crippen LogP contribution in [0.3, 0.4) is 0 Å². The zero-order chi connectivity index (χ0) is 14.3. The summed E-state index contributed by atoms with van der Waals surface area (Å²) in [5.41, 5.74) is 7.81. The van der Waals surface area contributed by atoms with Crippen LogP contribution in [0.5, 0.6) is 0 Å². The molecule has 2 aromatic heterocycles. The number of benzene rings is 1. The maximum absolute atomic E-state index is 12.9. The second-order valence-electron chi connectivity index (χ2n) is 4.30. The van der Waals surface area contributed by atoms with Crippen LogP contribution >= 0.6 is 0 Å². The molecule has 100 valence electrons. The van der Waals surface area contributed by atoms with Gasteiger partial charge in [0.15, 0.2) is 0 Å². The number of carboxylic acids is 1. The van der Waals surface area contributed by atoms with Crippen molar-refractivity contribution in [1.82, 2.24) is 9.38 Å². The summed E-state index contributed by atoms with van der Waals surface area (Å²) >= 11 is 0. The van der Waals surface area contributed by atoms with Gasteiger partial charge in [0.25, 0.3) is 0 Å². The number of nitrogens with two attached hydrogens (primary N) is 1. The number of pyridine rings is 1. The topological polar surface area (TPSA) is 80.6 Å². The highest BCUT2D eigenvalue weighted by Crippen LogP contribution is 2.26. The lowest BCUT2D eigenvalue weighted by Crippen LogP contribution is -2.00. The van der Waals surface area contributed by atoms with Crippen LogP contribution in [0.4, 0.5) is 10.2 Å². The number of aromatic carboxylic acids is 1. The average Bonchev–Trinajstić information content (AvgIpc) is 2.76. The Hall–Kier alpha value is -2.89. The number of nitrogen functional groups attached to an aromatic ring is 1. The van der Waals surface area contributed by atoms with Crippen molar-refractivity contribution >= 4 is 17.4 Å². The Balaban J connectivity index is 2.20. The summed E-state index contributed by atoms with van der Waals surface area (Å²) in [5.74, 6) is -1.07. The molecule has 1 aromatic carbocycles. The van der Waals surface area contributed by atoms with Crippen LogP contribution in [-0.4, -0.2) is 20.5 Å². The van der Waals surface area contributed by atoms with Crippen LogP contribution in [0.25, 0.3) is 16.9 Å². The molecule has 0 radical (unpaired) electrons. The molecule has 0 unspecified atom stereocenters. The molecular formula is C14H10FN3O2. The van der Waals surface area contributed by atoms with Crippen molar-refractivity contribution in [3.05, 3.63) is 54.0 Å². The smallest absolute Gasteiger partial charge is 0.337 e. The molecule has 0 aliphatic rings. The number of imidazole rings is 1. The maximum atomic E-state index is 12.9. The van der Waals surface area contributed by atoms with Gasteiger partial charge in [-0.25, -0.2) is 14.2 Å². The summed E-state index contributed by atoms with van der Waals surface area (Å²) in [6.45, 7) is 0. The van der Waals surface area contributed by atoms with E-state index in [0.717, 1.165) is 0 Å². The van der Waals surface area contributed by atoms with Crippen LogP contribution in [0, 0.1) is 5.82 Å². The lowest BCUT2D eigenvalue weighted by molar-refractivity contribution is 0.0696. The molecule has 2 heterocycles. The summed E-state index contributed by atoms with van der Waals surface area (Å²) in [4.78, 5) is 15.3. The molecule has 0 saturated carbocycles. The van der Waals surface area contributed by atoms with E-state index in [2.05, 4.69) is 4.98 Å². The molecule has 0 bridgehead atoms. The molecule has 0 fully saturated rings. The summed E-state index contributed by atoms with van der Waals surface area (Å²) in [5, 5.41) is 8.97. The predicted octanol–water partition coefficient (Wildman–Crippen LogP) is 2.42. The molecule has 0 saturated heterocycles. The molecule has 0 aliphatic carbocycles. The number of rotatable bonds is 2. The Morgan fingerprint density at radius 3 is 2.55 bits per heavy atom. The van der Waals surface area contributed by atoms with E-state index < -0.39 is 5.97 Å². The van der Waals surface area contributed by atoms with Crippen molar-refractivity contribution in [2.45, 2.75) is 0 Å². The van der Waals surface area contributed by atoms with E-state index in [0.29, 0.717) is 22.7 Å². The molecule has 5 nitrogen and oxygen atoms in total. The van der Waals surface area contributed by atoms with Gasteiger partial charge in [-0.15, -0.1) is 0 Å². The fourth-order valence-electron chi connectivity index (χ4n) is 2.01. The Kier molecular flexibility index (Phi) is 2.64. The third-order valence-electron chi connectivity index (χ3n) is 3.02. The van der Waals surface area contributed by atoms with Crippen molar-refractivity contribution in [2.75, 3.05) is 5.73 Å². The maximum Gasteiger partial charge on any atom is 0.337 e. The number of hydrogen-bond acceptors (Lipinski definition) is 3. The Bertz CT molecular complexity index is 809. The van der Waals surface area contributed by atoms with Crippen molar-refractivity contribution in [3.63, 3.8) is 0 Å². The van der Waals surface area contributed by atoms with Gasteiger partial charge in [0.2, 0.25) is 0 Å². The van der Waals surface area contributed by atoms with Gasteiger partial charge in [0.05, 0.1) is 5.56 Å². The molecule has 20 heavy (non-hydrogen) atoms. The first kappa shape index (κ1) is 12.2. The lowest BCUT2D eigenvalue weighted by Gasteiger charge is -2.00. The van der Waals surface area contributed by atoms with Crippen molar-refractivity contribution < 1.29 is 14.3 Å². The van der Waals surface area contributed by atoms with Gasteiger partial charge < -0.3 is 10.8 Å². The highest BCUT2D eigenvalue weighted by Gasteiger charge is 2.13. The number of halogens is 1. The minimum atomic E-state index is -1.04. The normalized spacial score (nSPS) is 10.8. The fourth-order valence-corrected chi connectivity index (χ4v) is 2.01. The van der Waals surface area contributed by atoms with E-state index in [9.17, 15) is 9.18 Å². The van der Waals surface area contributed by atoms with Crippen LogP contribution in [0.2, 0.25) is 0 Å². The van der Waals surface area contributed by atoms with Gasteiger partial charge in [-0.2, -0.15) is 0 Å². The first-order valence-corrected chi connectivity index (χ1v) is 5.83. The summed E-state index contributed by atoms with van der Waals surface area (Å²) in [6, 6.07) is 8.82. The van der Waals surface area contributed by atoms with Gasteiger partial charge in [-0.3, -0.25) is 4.40 Å². The molecule has 0 amide bonds. The van der Waals surface area contributed by atoms with Crippen molar-refractivity contribution in [3.8, 4) is 11.3 Å². The van der Waals surface area contributed by atoms with E-state index in [-0.39, 0.29) is 11.4 Å². The van der Waals surface area contributed by atoms with Gasteiger partial charge in [-0.1, -0.05) is 0 Å². The van der Waals surface area contributed by atoms with E-state index in [1.807, 2.05) is 0 Å². The van der Waals surface area contributed by atoms with Crippen molar-refractivity contribution in [2.24, 2.45) is 0 Å². The quantitative estimate of drug-likeness (QED) is 0.750. The lowest BCUT2D eigenvalue weighted by atomic mass is 10.1. The standard InChI is InChI=1S/C14H10FN3O2/c15-10-4-1-8(2-5-10)12-13(16)18-7-9(14(19)20)3-6-11(18)17-12/h1-7H,16H2,(H,19,20). The second-order valence-corrected chi connectivity index (χ2v) is 4.30.